The number of hydrogen-bond acceptors (Lipinski definition) is 6. The van der Waals surface area contributed by atoms with E-state index >= 15 is 0 Å². The van der Waals surface area contributed by atoms with E-state index in [4.69, 9.17) is 0 Å². The standard InChI is InChI=1S/C16H15N5O2S/c22-8-10-3-5-13(24-10)12-7-17-11-4-6-14(20-15(11)19-12)21-16(23)18-9-1-2-9/h3-7,9,22H,1-2,8H2,(H2,18,19,20,21,23). The van der Waals surface area contributed by atoms with Gasteiger partial charge < -0.3 is 10.4 Å². The van der Waals surface area contributed by atoms with E-state index in [1.54, 1.807) is 18.3 Å². The molecule has 1 fully saturated rings. The van der Waals surface area contributed by atoms with E-state index in [-0.39, 0.29) is 18.7 Å². The molecule has 1 aliphatic carbocycles. The molecular weight excluding hydrogens is 326 g/mol. The van der Waals surface area contributed by atoms with Gasteiger partial charge in [-0.3, -0.25) is 10.3 Å². The van der Waals surface area contributed by atoms with Crippen molar-refractivity contribution in [2.45, 2.75) is 25.5 Å². The minimum atomic E-state index is -0.251. The summed E-state index contributed by atoms with van der Waals surface area (Å²) in [6, 6.07) is 7.28. The summed E-state index contributed by atoms with van der Waals surface area (Å²) in [6.07, 6.45) is 3.75. The number of urea groups is 1. The summed E-state index contributed by atoms with van der Waals surface area (Å²) >= 11 is 1.46. The largest absolute Gasteiger partial charge is 0.391 e. The van der Waals surface area contributed by atoms with Crippen molar-refractivity contribution in [2.75, 3.05) is 5.32 Å². The Labute approximate surface area is 141 Å². The molecule has 3 aromatic heterocycles. The van der Waals surface area contributed by atoms with Crippen LogP contribution in [0.2, 0.25) is 0 Å². The highest BCUT2D eigenvalue weighted by atomic mass is 32.1. The van der Waals surface area contributed by atoms with Crippen LogP contribution in [0.1, 0.15) is 17.7 Å². The molecule has 4 rings (SSSR count). The van der Waals surface area contributed by atoms with Gasteiger partial charge in [0.1, 0.15) is 17.0 Å². The number of aliphatic hydroxyl groups excluding tert-OH is 1. The molecule has 0 spiro atoms. The number of thiophene rings is 1. The second-order valence-corrected chi connectivity index (χ2v) is 6.76. The predicted octanol–water partition coefficient (Wildman–Crippen LogP) is 2.53. The van der Waals surface area contributed by atoms with Crippen molar-refractivity contribution in [3.05, 3.63) is 35.3 Å². The zero-order valence-corrected chi connectivity index (χ0v) is 13.5. The Kier molecular flexibility index (Phi) is 3.83. The number of nitrogens with zero attached hydrogens (tertiary/aromatic N) is 3. The van der Waals surface area contributed by atoms with E-state index in [1.807, 2.05) is 12.1 Å². The molecule has 1 saturated carbocycles. The van der Waals surface area contributed by atoms with Crippen LogP contribution in [0.3, 0.4) is 0 Å². The van der Waals surface area contributed by atoms with Crippen molar-refractivity contribution in [3.63, 3.8) is 0 Å². The first-order chi connectivity index (χ1) is 11.7. The molecule has 0 aromatic carbocycles. The Morgan fingerprint density at radius 2 is 2.12 bits per heavy atom. The Hall–Kier alpha value is -2.58. The third-order valence-corrected chi connectivity index (χ3v) is 4.72. The van der Waals surface area contributed by atoms with Gasteiger partial charge in [-0.05, 0) is 37.1 Å². The monoisotopic (exact) mass is 341 g/mol. The van der Waals surface area contributed by atoms with Gasteiger partial charge in [-0.15, -0.1) is 11.3 Å². The minimum Gasteiger partial charge on any atom is -0.391 e. The molecule has 3 N–H and O–H groups in total. The van der Waals surface area contributed by atoms with Crippen molar-refractivity contribution in [1.29, 1.82) is 0 Å². The minimum absolute atomic E-state index is 0.00804. The fraction of sp³-hybridized carbons (Fsp3) is 0.250. The predicted molar refractivity (Wildman–Crippen MR) is 91.7 cm³/mol. The molecule has 0 radical (unpaired) electrons. The molecule has 1 aliphatic rings. The summed E-state index contributed by atoms with van der Waals surface area (Å²) in [5.41, 5.74) is 1.82. The zero-order chi connectivity index (χ0) is 16.5. The highest BCUT2D eigenvalue weighted by Crippen LogP contribution is 2.27. The van der Waals surface area contributed by atoms with Gasteiger partial charge in [0.25, 0.3) is 0 Å². The maximum Gasteiger partial charge on any atom is 0.320 e. The second kappa shape index (κ2) is 6.14. The van der Waals surface area contributed by atoms with E-state index < -0.39 is 0 Å². The summed E-state index contributed by atoms with van der Waals surface area (Å²) in [6.45, 7) is 0.00804. The van der Waals surface area contributed by atoms with Gasteiger partial charge >= 0.3 is 6.03 Å². The SMILES string of the molecule is O=C(Nc1ccc2ncc(-c3ccc(CO)s3)nc2n1)NC1CC1. The number of carbonyl (C=O) groups excluding carboxylic acids is 1. The van der Waals surface area contributed by atoms with Crippen molar-refractivity contribution in [1.82, 2.24) is 20.3 Å². The lowest BCUT2D eigenvalue weighted by molar-refractivity contribution is 0.251. The fourth-order valence-corrected chi connectivity index (χ4v) is 3.07. The lowest BCUT2D eigenvalue weighted by atomic mass is 10.3. The molecule has 122 valence electrons. The molecule has 24 heavy (non-hydrogen) atoms. The first-order valence-electron chi connectivity index (χ1n) is 7.62. The van der Waals surface area contributed by atoms with Crippen LogP contribution in [0.15, 0.2) is 30.5 Å². The summed E-state index contributed by atoms with van der Waals surface area (Å²) in [7, 11) is 0. The molecule has 2 amide bonds. The van der Waals surface area contributed by atoms with Crippen molar-refractivity contribution in [2.24, 2.45) is 0 Å². The van der Waals surface area contributed by atoms with Crippen LogP contribution in [0.4, 0.5) is 10.6 Å². The number of rotatable bonds is 4. The quantitative estimate of drug-likeness (QED) is 0.677. The highest BCUT2D eigenvalue weighted by molar-refractivity contribution is 7.15. The van der Waals surface area contributed by atoms with Crippen molar-refractivity contribution < 1.29 is 9.90 Å². The molecule has 3 aromatic rings. The van der Waals surface area contributed by atoms with Crippen LogP contribution in [-0.4, -0.2) is 32.1 Å². The Morgan fingerprint density at radius 3 is 2.88 bits per heavy atom. The average Bonchev–Trinajstić information content (AvgIpc) is 3.26. The smallest absolute Gasteiger partial charge is 0.320 e. The van der Waals surface area contributed by atoms with E-state index in [0.717, 1.165) is 22.6 Å². The van der Waals surface area contributed by atoms with Crippen LogP contribution in [0, 0.1) is 0 Å². The van der Waals surface area contributed by atoms with E-state index in [9.17, 15) is 9.90 Å². The molecule has 0 aliphatic heterocycles. The average molecular weight is 341 g/mol. The topological polar surface area (TPSA) is 100 Å². The molecule has 0 unspecified atom stereocenters. The number of pyridine rings is 1. The molecule has 0 bridgehead atoms. The van der Waals surface area contributed by atoms with Gasteiger partial charge in [0, 0.05) is 10.9 Å². The van der Waals surface area contributed by atoms with Gasteiger partial charge in [-0.2, -0.15) is 0 Å². The second-order valence-electron chi connectivity index (χ2n) is 5.59. The van der Waals surface area contributed by atoms with E-state index in [0.29, 0.717) is 22.7 Å². The van der Waals surface area contributed by atoms with Crippen LogP contribution < -0.4 is 10.6 Å². The number of amides is 2. The number of anilines is 1. The van der Waals surface area contributed by atoms with Crippen molar-refractivity contribution in [3.8, 4) is 10.6 Å². The molecular formula is C16H15N5O2S. The molecule has 0 atom stereocenters. The maximum atomic E-state index is 11.8. The van der Waals surface area contributed by atoms with Gasteiger partial charge in [-0.1, -0.05) is 0 Å². The van der Waals surface area contributed by atoms with Crippen molar-refractivity contribution >= 4 is 34.3 Å². The third-order valence-electron chi connectivity index (χ3n) is 3.63. The van der Waals surface area contributed by atoms with Crippen LogP contribution in [0.25, 0.3) is 21.7 Å². The summed E-state index contributed by atoms with van der Waals surface area (Å²) < 4.78 is 0. The number of fused-ring (bicyclic) bond motifs is 1. The number of hydrogen-bond donors (Lipinski definition) is 3. The van der Waals surface area contributed by atoms with Gasteiger partial charge in [0.05, 0.1) is 17.7 Å². The zero-order valence-electron chi connectivity index (χ0n) is 12.7. The Morgan fingerprint density at radius 1 is 1.25 bits per heavy atom. The first kappa shape index (κ1) is 15.0. The summed E-state index contributed by atoms with van der Waals surface area (Å²) in [5.74, 6) is 0.439. The molecule has 0 saturated heterocycles. The van der Waals surface area contributed by atoms with Crippen LogP contribution in [-0.2, 0) is 6.61 Å². The van der Waals surface area contributed by atoms with Gasteiger partial charge in [0.2, 0.25) is 0 Å². The summed E-state index contributed by atoms with van der Waals surface area (Å²) in [4.78, 5) is 26.8. The van der Waals surface area contributed by atoms with E-state index in [2.05, 4.69) is 25.6 Å². The fourth-order valence-electron chi connectivity index (χ4n) is 2.25. The first-order valence-corrected chi connectivity index (χ1v) is 8.44. The molecule has 7 nitrogen and oxygen atoms in total. The molecule has 8 heteroatoms. The number of aliphatic hydroxyl groups is 1. The Bertz CT molecular complexity index is 906. The van der Waals surface area contributed by atoms with Crippen LogP contribution >= 0.6 is 11.3 Å². The van der Waals surface area contributed by atoms with E-state index in [1.165, 1.54) is 11.3 Å². The maximum absolute atomic E-state index is 11.8. The van der Waals surface area contributed by atoms with Crippen LogP contribution in [0.5, 0.6) is 0 Å². The lowest BCUT2D eigenvalue weighted by Crippen LogP contribution is -2.30. The Balaban J connectivity index is 1.60. The number of nitrogens with one attached hydrogen (secondary N) is 2. The van der Waals surface area contributed by atoms with Gasteiger partial charge in [-0.25, -0.2) is 14.8 Å². The number of carbonyl (C=O) groups is 1. The normalized spacial score (nSPS) is 13.9. The summed E-state index contributed by atoms with van der Waals surface area (Å²) in [5, 5.41) is 14.7. The molecule has 3 heterocycles. The highest BCUT2D eigenvalue weighted by Gasteiger charge is 2.23. The number of aromatic nitrogens is 3. The van der Waals surface area contributed by atoms with Gasteiger partial charge in [0.15, 0.2) is 5.65 Å². The third kappa shape index (κ3) is 3.19. The lowest BCUT2D eigenvalue weighted by Gasteiger charge is -2.06.